The first-order valence-corrected chi connectivity index (χ1v) is 8.53. The van der Waals surface area contributed by atoms with Crippen LogP contribution >= 0.6 is 23.2 Å². The van der Waals surface area contributed by atoms with E-state index in [1.807, 2.05) is 12.1 Å². The lowest BCUT2D eigenvalue weighted by Gasteiger charge is -2.22. The first kappa shape index (κ1) is 19.7. The summed E-state index contributed by atoms with van der Waals surface area (Å²) in [5.41, 5.74) is 1.15. The van der Waals surface area contributed by atoms with E-state index in [1.54, 1.807) is 18.5 Å². The number of rotatable bonds is 7. The van der Waals surface area contributed by atoms with Crippen molar-refractivity contribution in [2.45, 2.75) is 13.0 Å². The Kier molecular flexibility index (Phi) is 7.39. The second-order valence-electron chi connectivity index (χ2n) is 5.40. The fraction of sp³-hybridized carbons (Fsp3) is 0.222. The van der Waals surface area contributed by atoms with Crippen molar-refractivity contribution in [3.8, 4) is 6.07 Å². The molecule has 0 unspecified atom stereocenters. The van der Waals surface area contributed by atoms with Crippen molar-refractivity contribution < 1.29 is 9.59 Å². The van der Waals surface area contributed by atoms with E-state index in [9.17, 15) is 9.59 Å². The minimum absolute atomic E-state index is 0.190. The van der Waals surface area contributed by atoms with Crippen molar-refractivity contribution >= 4 is 35.0 Å². The van der Waals surface area contributed by atoms with Gasteiger partial charge in [0.25, 0.3) is 5.91 Å². The van der Waals surface area contributed by atoms with Crippen LogP contribution < -0.4 is 5.32 Å². The molecule has 0 atom stereocenters. The van der Waals surface area contributed by atoms with E-state index in [0.29, 0.717) is 17.1 Å². The second-order valence-corrected chi connectivity index (χ2v) is 6.21. The summed E-state index contributed by atoms with van der Waals surface area (Å²) in [7, 11) is 0. The molecular formula is C18H16Cl2N4O2. The highest BCUT2D eigenvalue weighted by atomic mass is 35.5. The molecule has 0 aliphatic rings. The van der Waals surface area contributed by atoms with E-state index in [2.05, 4.69) is 10.3 Å². The average Bonchev–Trinajstić information content (AvgIpc) is 2.65. The third kappa shape index (κ3) is 5.73. The number of carbonyl (C=O) groups is 2. The van der Waals surface area contributed by atoms with Crippen LogP contribution in [0.25, 0.3) is 0 Å². The van der Waals surface area contributed by atoms with Gasteiger partial charge < -0.3 is 10.2 Å². The number of hydrogen-bond donors (Lipinski definition) is 1. The van der Waals surface area contributed by atoms with Crippen LogP contribution in [0.1, 0.15) is 22.3 Å². The van der Waals surface area contributed by atoms with Crippen LogP contribution in [0.2, 0.25) is 10.0 Å². The molecule has 0 fully saturated rings. The van der Waals surface area contributed by atoms with Gasteiger partial charge in [0.2, 0.25) is 5.91 Å². The van der Waals surface area contributed by atoms with E-state index in [0.717, 1.165) is 5.56 Å². The highest BCUT2D eigenvalue weighted by Gasteiger charge is 2.16. The number of amides is 2. The molecule has 26 heavy (non-hydrogen) atoms. The van der Waals surface area contributed by atoms with Gasteiger partial charge in [0.05, 0.1) is 29.1 Å². The van der Waals surface area contributed by atoms with Crippen LogP contribution in [0, 0.1) is 11.3 Å². The number of nitrogens with one attached hydrogen (secondary N) is 1. The maximum atomic E-state index is 12.4. The van der Waals surface area contributed by atoms with Gasteiger partial charge in [0, 0.05) is 31.0 Å². The Bertz CT molecular complexity index is 822. The number of nitriles is 1. The Hall–Kier alpha value is -2.62. The smallest absolute Gasteiger partial charge is 0.251 e. The molecule has 0 aliphatic heterocycles. The van der Waals surface area contributed by atoms with Crippen LogP contribution in [-0.2, 0) is 11.3 Å². The lowest BCUT2D eigenvalue weighted by Crippen LogP contribution is -2.40. The molecule has 0 aliphatic carbocycles. The number of pyridine rings is 1. The minimum Gasteiger partial charge on any atom is -0.343 e. The molecule has 1 N–H and O–H groups in total. The Labute approximate surface area is 161 Å². The molecule has 1 aromatic heterocycles. The van der Waals surface area contributed by atoms with Crippen molar-refractivity contribution in [1.29, 1.82) is 5.26 Å². The summed E-state index contributed by atoms with van der Waals surface area (Å²) in [6.45, 7) is 0.397. The van der Waals surface area contributed by atoms with E-state index in [1.165, 1.54) is 23.1 Å². The summed E-state index contributed by atoms with van der Waals surface area (Å²) >= 11 is 11.7. The highest BCUT2D eigenvalue weighted by molar-refractivity contribution is 6.42. The zero-order valence-electron chi connectivity index (χ0n) is 13.8. The third-order valence-electron chi connectivity index (χ3n) is 3.52. The molecule has 1 aromatic carbocycles. The van der Waals surface area contributed by atoms with Crippen molar-refractivity contribution in [2.24, 2.45) is 0 Å². The predicted molar refractivity (Wildman–Crippen MR) is 98.7 cm³/mol. The number of hydrogen-bond acceptors (Lipinski definition) is 4. The van der Waals surface area contributed by atoms with Gasteiger partial charge in [-0.3, -0.25) is 14.6 Å². The van der Waals surface area contributed by atoms with Gasteiger partial charge in [-0.05, 0) is 29.8 Å². The Morgan fingerprint density at radius 2 is 2.04 bits per heavy atom. The lowest BCUT2D eigenvalue weighted by molar-refractivity contribution is -0.130. The van der Waals surface area contributed by atoms with E-state index in [-0.39, 0.29) is 30.4 Å². The molecule has 2 aromatic rings. The summed E-state index contributed by atoms with van der Waals surface area (Å²) in [6.07, 6.45) is 3.50. The van der Waals surface area contributed by atoms with Crippen molar-refractivity contribution in [2.75, 3.05) is 13.1 Å². The van der Waals surface area contributed by atoms with Gasteiger partial charge in [-0.1, -0.05) is 29.3 Å². The van der Waals surface area contributed by atoms with Crippen LogP contribution in [0.4, 0.5) is 0 Å². The largest absolute Gasteiger partial charge is 0.343 e. The normalized spacial score (nSPS) is 10.0. The van der Waals surface area contributed by atoms with Gasteiger partial charge in [-0.25, -0.2) is 0 Å². The first-order valence-electron chi connectivity index (χ1n) is 7.78. The Morgan fingerprint density at radius 1 is 1.23 bits per heavy atom. The predicted octanol–water partition coefficient (Wildman–Crippen LogP) is 3.06. The third-order valence-corrected chi connectivity index (χ3v) is 4.26. The van der Waals surface area contributed by atoms with Gasteiger partial charge in [-0.15, -0.1) is 0 Å². The van der Waals surface area contributed by atoms with E-state index in [4.69, 9.17) is 28.5 Å². The average molecular weight is 391 g/mol. The standard InChI is InChI=1S/C18H16Cl2N4O2/c19-15-5-4-14(9-16(15)20)18(26)23-11-17(25)24(8-2-6-21)12-13-3-1-7-22-10-13/h1,3-5,7,9-10H,2,8,11-12H2,(H,23,26). The van der Waals surface area contributed by atoms with Crippen LogP contribution in [0.5, 0.6) is 0 Å². The summed E-state index contributed by atoms with van der Waals surface area (Å²) in [5.74, 6) is -0.726. The van der Waals surface area contributed by atoms with E-state index >= 15 is 0 Å². The molecule has 0 radical (unpaired) electrons. The number of halogens is 2. The minimum atomic E-state index is -0.432. The number of carbonyl (C=O) groups excluding carboxylic acids is 2. The number of benzene rings is 1. The molecule has 0 spiro atoms. The molecule has 2 amide bonds. The van der Waals surface area contributed by atoms with Crippen molar-refractivity contribution in [1.82, 2.24) is 15.2 Å². The fourth-order valence-corrected chi connectivity index (χ4v) is 2.49. The monoisotopic (exact) mass is 390 g/mol. The first-order chi connectivity index (χ1) is 12.5. The van der Waals surface area contributed by atoms with Gasteiger partial charge in [0.1, 0.15) is 0 Å². The molecule has 6 nitrogen and oxygen atoms in total. The molecular weight excluding hydrogens is 375 g/mol. The van der Waals surface area contributed by atoms with Gasteiger partial charge in [-0.2, -0.15) is 5.26 Å². The molecule has 0 bridgehead atoms. The zero-order valence-corrected chi connectivity index (χ0v) is 15.3. The zero-order chi connectivity index (χ0) is 18.9. The topological polar surface area (TPSA) is 86.1 Å². The molecule has 2 rings (SSSR count). The number of nitrogens with zero attached hydrogens (tertiary/aromatic N) is 3. The second kappa shape index (κ2) is 9.76. The summed E-state index contributed by atoms with van der Waals surface area (Å²) in [6, 6.07) is 10.1. The SMILES string of the molecule is N#CCCN(Cc1cccnc1)C(=O)CNC(=O)c1ccc(Cl)c(Cl)c1. The molecule has 8 heteroatoms. The number of aromatic nitrogens is 1. The quantitative estimate of drug-likeness (QED) is 0.786. The summed E-state index contributed by atoms with van der Waals surface area (Å²) in [5, 5.41) is 12.0. The maximum absolute atomic E-state index is 12.4. The summed E-state index contributed by atoms with van der Waals surface area (Å²) in [4.78, 5) is 30.1. The highest BCUT2D eigenvalue weighted by Crippen LogP contribution is 2.22. The Balaban J connectivity index is 1.98. The summed E-state index contributed by atoms with van der Waals surface area (Å²) < 4.78 is 0. The lowest BCUT2D eigenvalue weighted by atomic mass is 10.2. The molecule has 0 saturated heterocycles. The van der Waals surface area contributed by atoms with Crippen LogP contribution in [-0.4, -0.2) is 34.8 Å². The molecule has 134 valence electrons. The van der Waals surface area contributed by atoms with E-state index < -0.39 is 5.91 Å². The van der Waals surface area contributed by atoms with Crippen LogP contribution in [0.15, 0.2) is 42.7 Å². The van der Waals surface area contributed by atoms with Crippen molar-refractivity contribution in [3.05, 3.63) is 63.9 Å². The fourth-order valence-electron chi connectivity index (χ4n) is 2.20. The van der Waals surface area contributed by atoms with Crippen LogP contribution in [0.3, 0.4) is 0 Å². The maximum Gasteiger partial charge on any atom is 0.251 e. The van der Waals surface area contributed by atoms with Gasteiger partial charge in [0.15, 0.2) is 0 Å². The molecule has 0 saturated carbocycles. The molecule has 1 heterocycles. The van der Waals surface area contributed by atoms with Gasteiger partial charge >= 0.3 is 0 Å². The Morgan fingerprint density at radius 3 is 2.69 bits per heavy atom. The van der Waals surface area contributed by atoms with Crippen molar-refractivity contribution in [3.63, 3.8) is 0 Å².